The van der Waals surface area contributed by atoms with E-state index in [1.165, 1.54) is 24.3 Å². The average Bonchev–Trinajstić information content (AvgIpc) is 2.63. The molecule has 0 aliphatic carbocycles. The van der Waals surface area contributed by atoms with Crippen molar-refractivity contribution in [3.63, 3.8) is 0 Å². The highest BCUT2D eigenvalue weighted by Crippen LogP contribution is 2.30. The summed E-state index contributed by atoms with van der Waals surface area (Å²) in [4.78, 5) is 10.6. The van der Waals surface area contributed by atoms with Crippen LogP contribution in [0.4, 0.5) is 19.0 Å². The summed E-state index contributed by atoms with van der Waals surface area (Å²) < 4.78 is 40.7. The molecule has 1 aromatic carbocycles. The van der Waals surface area contributed by atoms with E-state index in [4.69, 9.17) is 0 Å². The first-order valence-corrected chi connectivity index (χ1v) is 9.33. The zero-order chi connectivity index (χ0) is 20.6. The molecule has 0 atom stereocenters. The highest BCUT2D eigenvalue weighted by atomic mass is 79.9. The van der Waals surface area contributed by atoms with Crippen molar-refractivity contribution in [2.24, 2.45) is 0 Å². The molecule has 2 aromatic rings. The summed E-state index contributed by atoms with van der Waals surface area (Å²) in [5.74, 6) is 3.71. The predicted molar refractivity (Wildman–Crippen MR) is 105 cm³/mol. The van der Waals surface area contributed by atoms with E-state index in [9.17, 15) is 13.2 Å². The number of hydrogen-bond donors (Lipinski definition) is 0. The zero-order valence-corrected chi connectivity index (χ0v) is 17.4. The van der Waals surface area contributed by atoms with Crippen LogP contribution in [0.15, 0.2) is 24.3 Å². The number of ether oxygens (including phenoxy) is 1. The Morgan fingerprint density at radius 3 is 2.22 bits per heavy atom. The van der Waals surface area contributed by atoms with Gasteiger partial charge in [-0.3, -0.25) is 4.90 Å². The molecule has 0 radical (unpaired) electrons. The highest BCUT2D eigenvalue weighted by Gasteiger charge is 2.31. The first-order valence-electron chi connectivity index (χ1n) is 8.21. The molecule has 0 saturated heterocycles. The van der Waals surface area contributed by atoms with Gasteiger partial charge in [0.25, 0.3) is 0 Å². The second-order valence-electron chi connectivity index (χ2n) is 5.06. The van der Waals surface area contributed by atoms with Crippen LogP contribution in [-0.2, 0) is 5.33 Å². The largest absolute Gasteiger partial charge is 0.573 e. The minimum Gasteiger partial charge on any atom is -0.406 e. The van der Waals surface area contributed by atoms with Crippen LogP contribution in [0.25, 0.3) is 11.3 Å². The minimum atomic E-state index is -4.72. The molecular formula is C19H21BrF3N3O. The minimum absolute atomic E-state index is 0.280. The van der Waals surface area contributed by atoms with Crippen LogP contribution < -0.4 is 9.64 Å². The summed E-state index contributed by atoms with van der Waals surface area (Å²) in [6, 6.07) is 8.48. The molecule has 0 N–H and O–H groups in total. The molecule has 0 bridgehead atoms. The Balaban J connectivity index is 0.00000176. The number of aromatic nitrogens is 2. The van der Waals surface area contributed by atoms with Crippen molar-refractivity contribution in [3.8, 4) is 29.0 Å². The highest BCUT2D eigenvalue weighted by molar-refractivity contribution is 9.08. The van der Waals surface area contributed by atoms with Crippen molar-refractivity contribution >= 4 is 21.7 Å². The Kier molecular flexibility index (Phi) is 8.57. The van der Waals surface area contributed by atoms with Crippen LogP contribution in [-0.4, -0.2) is 23.4 Å². The van der Waals surface area contributed by atoms with Crippen LogP contribution in [0.3, 0.4) is 0 Å². The number of anilines is 1. The van der Waals surface area contributed by atoms with E-state index in [1.54, 1.807) is 18.9 Å². The van der Waals surface area contributed by atoms with Gasteiger partial charge in [-0.25, -0.2) is 9.97 Å². The molecule has 0 aliphatic rings. The third kappa shape index (κ3) is 6.43. The SMILES string of the molecule is CC.CC#CN(C)c1nc(CBr)nc(-c2ccc(OC(F)(F)F)cc2)c1C. The average molecular weight is 444 g/mol. The van der Waals surface area contributed by atoms with Crippen LogP contribution in [0, 0.1) is 18.9 Å². The Morgan fingerprint density at radius 2 is 1.74 bits per heavy atom. The fourth-order valence-electron chi connectivity index (χ4n) is 2.25. The topological polar surface area (TPSA) is 38.2 Å². The number of nitrogens with zero attached hydrogens (tertiary/aromatic N) is 3. The monoisotopic (exact) mass is 443 g/mol. The first-order chi connectivity index (χ1) is 12.7. The molecule has 4 nitrogen and oxygen atoms in total. The second kappa shape index (κ2) is 10.2. The lowest BCUT2D eigenvalue weighted by Gasteiger charge is -2.17. The van der Waals surface area contributed by atoms with E-state index in [2.05, 4.69) is 42.6 Å². The molecule has 0 saturated carbocycles. The van der Waals surface area contributed by atoms with E-state index in [-0.39, 0.29) is 5.75 Å². The van der Waals surface area contributed by atoms with Crippen LogP contribution >= 0.6 is 15.9 Å². The van der Waals surface area contributed by atoms with Crippen LogP contribution in [0.1, 0.15) is 32.2 Å². The van der Waals surface area contributed by atoms with E-state index < -0.39 is 6.36 Å². The van der Waals surface area contributed by atoms with Gasteiger partial charge in [-0.15, -0.1) is 13.2 Å². The van der Waals surface area contributed by atoms with Crippen molar-refractivity contribution in [3.05, 3.63) is 35.7 Å². The summed E-state index contributed by atoms with van der Waals surface area (Å²) in [5.41, 5.74) is 2.07. The van der Waals surface area contributed by atoms with Gasteiger partial charge in [0.2, 0.25) is 0 Å². The molecule has 8 heteroatoms. The summed E-state index contributed by atoms with van der Waals surface area (Å²) in [6.07, 6.45) is -4.72. The third-order valence-corrected chi connectivity index (χ3v) is 3.75. The van der Waals surface area contributed by atoms with Gasteiger partial charge in [-0.05, 0) is 38.1 Å². The van der Waals surface area contributed by atoms with Crippen LogP contribution in [0.5, 0.6) is 5.75 Å². The molecule has 2 rings (SSSR count). The Hall–Kier alpha value is -2.27. The van der Waals surface area contributed by atoms with E-state index >= 15 is 0 Å². The molecule has 27 heavy (non-hydrogen) atoms. The normalized spacial score (nSPS) is 10.3. The van der Waals surface area contributed by atoms with Crippen molar-refractivity contribution in [1.29, 1.82) is 0 Å². The third-order valence-electron chi connectivity index (χ3n) is 3.24. The maximum atomic E-state index is 12.3. The Morgan fingerprint density at radius 1 is 1.15 bits per heavy atom. The van der Waals surface area contributed by atoms with Crippen molar-refractivity contribution in [2.75, 3.05) is 11.9 Å². The van der Waals surface area contributed by atoms with Gasteiger partial charge in [-0.1, -0.05) is 35.7 Å². The number of benzene rings is 1. The van der Waals surface area contributed by atoms with Gasteiger partial charge in [-0.2, -0.15) is 0 Å². The van der Waals surface area contributed by atoms with Crippen molar-refractivity contribution < 1.29 is 17.9 Å². The van der Waals surface area contributed by atoms with Gasteiger partial charge in [0.1, 0.15) is 17.4 Å². The maximum absolute atomic E-state index is 12.3. The fourth-order valence-corrected chi connectivity index (χ4v) is 2.50. The molecule has 0 spiro atoms. The first kappa shape index (κ1) is 22.8. The Labute approximate surface area is 165 Å². The smallest absolute Gasteiger partial charge is 0.406 e. The molecule has 1 aromatic heterocycles. The van der Waals surface area contributed by atoms with Gasteiger partial charge < -0.3 is 4.74 Å². The number of halogens is 4. The quantitative estimate of drug-likeness (QED) is 0.345. The van der Waals surface area contributed by atoms with Gasteiger partial charge in [0, 0.05) is 24.2 Å². The molecule has 0 fully saturated rings. The van der Waals surface area contributed by atoms with Crippen LogP contribution in [0.2, 0.25) is 0 Å². The lowest BCUT2D eigenvalue weighted by atomic mass is 10.1. The molecular weight excluding hydrogens is 423 g/mol. The van der Waals surface area contributed by atoms with Gasteiger partial charge in [0.15, 0.2) is 0 Å². The molecule has 0 amide bonds. The van der Waals surface area contributed by atoms with E-state index in [0.29, 0.717) is 28.2 Å². The van der Waals surface area contributed by atoms with Gasteiger partial charge >= 0.3 is 6.36 Å². The van der Waals surface area contributed by atoms with Crippen molar-refractivity contribution in [2.45, 2.75) is 39.4 Å². The standard InChI is InChI=1S/C17H15BrF3N3O.C2H6/c1-4-9-24(3)16-11(2)15(22-14(10-18)23-16)12-5-7-13(8-6-12)25-17(19,20)21;1-2/h5-8H,10H2,1-3H3;1-2H3. The number of hydrogen-bond acceptors (Lipinski definition) is 4. The second-order valence-corrected chi connectivity index (χ2v) is 5.62. The predicted octanol–water partition coefficient (Wildman–Crippen LogP) is 5.69. The lowest BCUT2D eigenvalue weighted by Crippen LogP contribution is -2.17. The van der Waals surface area contributed by atoms with E-state index in [1.807, 2.05) is 20.8 Å². The zero-order valence-electron chi connectivity index (χ0n) is 15.8. The summed E-state index contributed by atoms with van der Waals surface area (Å²) in [6.45, 7) is 7.56. The molecule has 1 heterocycles. The van der Waals surface area contributed by atoms with Gasteiger partial charge in [0.05, 0.1) is 11.0 Å². The fraction of sp³-hybridized carbons (Fsp3) is 0.368. The lowest BCUT2D eigenvalue weighted by molar-refractivity contribution is -0.274. The summed E-state index contributed by atoms with van der Waals surface area (Å²) >= 11 is 3.33. The maximum Gasteiger partial charge on any atom is 0.573 e. The van der Waals surface area contributed by atoms with Crippen molar-refractivity contribution in [1.82, 2.24) is 9.97 Å². The summed E-state index contributed by atoms with van der Waals surface area (Å²) in [7, 11) is 1.79. The number of rotatable bonds is 4. The summed E-state index contributed by atoms with van der Waals surface area (Å²) in [5, 5.41) is 0.440. The molecule has 0 unspecified atom stereocenters. The Bertz CT molecular complexity index is 812. The molecule has 146 valence electrons. The van der Waals surface area contributed by atoms with E-state index in [0.717, 1.165) is 5.56 Å². The number of alkyl halides is 4. The molecule has 0 aliphatic heterocycles.